The van der Waals surface area contributed by atoms with Crippen LogP contribution in [0.15, 0.2) is 0 Å². The highest BCUT2D eigenvalue weighted by Gasteiger charge is 2.29. The molecule has 6 nitrogen and oxygen atoms in total. The van der Waals surface area contributed by atoms with Crippen molar-refractivity contribution in [1.82, 2.24) is 14.6 Å². The summed E-state index contributed by atoms with van der Waals surface area (Å²) in [4.78, 5) is 14.1. The van der Waals surface area contributed by atoms with Crippen molar-refractivity contribution >= 4 is 28.3 Å². The highest BCUT2D eigenvalue weighted by molar-refractivity contribution is 7.11. The highest BCUT2D eigenvalue weighted by Crippen LogP contribution is 2.29. The van der Waals surface area contributed by atoms with Gasteiger partial charge in [0.05, 0.1) is 0 Å². The smallest absolute Gasteiger partial charge is 0.257 e. The molecule has 1 fully saturated rings. The van der Waals surface area contributed by atoms with Gasteiger partial charge in [-0.15, -0.1) is 0 Å². The average Bonchev–Trinajstić information content (AvgIpc) is 3.18. The Morgan fingerprint density at radius 1 is 1.63 bits per heavy atom. The van der Waals surface area contributed by atoms with Gasteiger partial charge < -0.3 is 16.4 Å². The van der Waals surface area contributed by atoms with Crippen molar-refractivity contribution < 1.29 is 4.79 Å². The van der Waals surface area contributed by atoms with E-state index in [0.717, 1.165) is 17.6 Å². The van der Waals surface area contributed by atoms with Gasteiger partial charge in [0.15, 0.2) is 5.82 Å². The maximum atomic E-state index is 11.7. The largest absolute Gasteiger partial charge is 0.382 e. The Bertz CT molecular complexity index is 457. The molecule has 1 unspecified atom stereocenters. The van der Waals surface area contributed by atoms with Gasteiger partial charge in [-0.1, -0.05) is 0 Å². The SMILES string of the molecule is CNC(=O)c1c(N)nsc1NCC(C)N(C)C1CC1. The monoisotopic (exact) mass is 283 g/mol. The second-order valence-corrected chi connectivity index (χ2v) is 5.75. The third-order valence-corrected chi connectivity index (χ3v) is 4.37. The van der Waals surface area contributed by atoms with E-state index < -0.39 is 0 Å². The Morgan fingerprint density at radius 2 is 2.32 bits per heavy atom. The van der Waals surface area contributed by atoms with E-state index >= 15 is 0 Å². The van der Waals surface area contributed by atoms with E-state index in [1.807, 2.05) is 0 Å². The van der Waals surface area contributed by atoms with E-state index in [1.54, 1.807) is 7.05 Å². The van der Waals surface area contributed by atoms with E-state index in [9.17, 15) is 4.79 Å². The van der Waals surface area contributed by atoms with Crippen LogP contribution in [0.5, 0.6) is 0 Å². The molecule has 0 aliphatic heterocycles. The Balaban J connectivity index is 1.97. The molecule has 0 radical (unpaired) electrons. The quantitative estimate of drug-likeness (QED) is 0.725. The molecule has 7 heteroatoms. The van der Waals surface area contributed by atoms with E-state index in [2.05, 4.69) is 33.9 Å². The zero-order valence-corrected chi connectivity index (χ0v) is 12.4. The van der Waals surface area contributed by atoms with Crippen molar-refractivity contribution in [3.05, 3.63) is 5.56 Å². The molecule has 106 valence electrons. The molecule has 0 bridgehead atoms. The summed E-state index contributed by atoms with van der Waals surface area (Å²) in [5, 5.41) is 6.61. The topological polar surface area (TPSA) is 83.3 Å². The lowest BCUT2D eigenvalue weighted by molar-refractivity contribution is 0.0965. The lowest BCUT2D eigenvalue weighted by atomic mass is 10.2. The van der Waals surface area contributed by atoms with E-state index in [4.69, 9.17) is 5.73 Å². The Hall–Kier alpha value is -1.34. The standard InChI is InChI=1S/C12H21N5OS/c1-7(17(3)8-4-5-8)6-15-12-9(11(18)14-2)10(13)16-19-12/h7-8,15H,4-6H2,1-3H3,(H2,13,16)(H,14,18). The van der Waals surface area contributed by atoms with Crippen LogP contribution in [0.3, 0.4) is 0 Å². The number of hydrogen-bond donors (Lipinski definition) is 3. The summed E-state index contributed by atoms with van der Waals surface area (Å²) in [7, 11) is 3.73. The molecule has 0 saturated heterocycles. The first kappa shape index (κ1) is 14.1. The summed E-state index contributed by atoms with van der Waals surface area (Å²) in [6.45, 7) is 2.95. The van der Waals surface area contributed by atoms with Gasteiger partial charge in [-0.2, -0.15) is 4.37 Å². The molecule has 4 N–H and O–H groups in total. The first-order chi connectivity index (χ1) is 9.04. The van der Waals surface area contributed by atoms with Crippen molar-refractivity contribution in [2.75, 3.05) is 31.7 Å². The normalized spacial score (nSPS) is 16.4. The van der Waals surface area contributed by atoms with Crippen LogP contribution in [0.2, 0.25) is 0 Å². The van der Waals surface area contributed by atoms with Crippen LogP contribution in [0.4, 0.5) is 10.8 Å². The Kier molecular flexibility index (Phi) is 4.26. The summed E-state index contributed by atoms with van der Waals surface area (Å²) in [5.41, 5.74) is 6.18. The fourth-order valence-corrected chi connectivity index (χ4v) is 2.71. The summed E-state index contributed by atoms with van der Waals surface area (Å²) in [5.74, 6) is 0.0898. The molecule has 1 atom stereocenters. The second kappa shape index (κ2) is 5.75. The number of likely N-dealkylation sites (N-methyl/N-ethyl adjacent to an activating group) is 1. The molecule has 1 saturated carbocycles. The van der Waals surface area contributed by atoms with Gasteiger partial charge in [0.25, 0.3) is 5.91 Å². The van der Waals surface area contributed by atoms with Gasteiger partial charge in [0.1, 0.15) is 10.6 Å². The van der Waals surface area contributed by atoms with E-state index in [1.165, 1.54) is 24.4 Å². The van der Waals surface area contributed by atoms with Crippen LogP contribution >= 0.6 is 11.5 Å². The molecule has 2 rings (SSSR count). The molecular weight excluding hydrogens is 262 g/mol. The second-order valence-electron chi connectivity index (χ2n) is 4.98. The first-order valence-corrected chi connectivity index (χ1v) is 7.25. The first-order valence-electron chi connectivity index (χ1n) is 6.47. The van der Waals surface area contributed by atoms with Gasteiger partial charge in [-0.3, -0.25) is 9.69 Å². The lowest BCUT2D eigenvalue weighted by Gasteiger charge is -2.24. The van der Waals surface area contributed by atoms with Crippen molar-refractivity contribution in [2.45, 2.75) is 31.8 Å². The molecule has 1 aliphatic carbocycles. The summed E-state index contributed by atoms with van der Waals surface area (Å²) < 4.78 is 4.04. The number of nitrogens with one attached hydrogen (secondary N) is 2. The number of rotatable bonds is 6. The van der Waals surface area contributed by atoms with Crippen LogP contribution < -0.4 is 16.4 Å². The number of nitrogen functional groups attached to an aromatic ring is 1. The van der Waals surface area contributed by atoms with Crippen molar-refractivity contribution in [2.24, 2.45) is 0 Å². The number of amides is 1. The Labute approximate surface area is 117 Å². The van der Waals surface area contributed by atoms with Crippen LogP contribution in [0, 0.1) is 0 Å². The van der Waals surface area contributed by atoms with Crippen LogP contribution in [0.1, 0.15) is 30.1 Å². The number of nitrogens with zero attached hydrogens (tertiary/aromatic N) is 2. The van der Waals surface area contributed by atoms with Gasteiger partial charge in [0, 0.05) is 25.7 Å². The average molecular weight is 283 g/mol. The van der Waals surface area contributed by atoms with E-state index in [-0.39, 0.29) is 11.7 Å². The van der Waals surface area contributed by atoms with Crippen molar-refractivity contribution in [3.8, 4) is 0 Å². The summed E-state index contributed by atoms with van der Waals surface area (Å²) in [6, 6.07) is 1.13. The van der Waals surface area contributed by atoms with Crippen LogP contribution in [0.25, 0.3) is 0 Å². The highest BCUT2D eigenvalue weighted by atomic mass is 32.1. The minimum absolute atomic E-state index is 0.197. The summed E-state index contributed by atoms with van der Waals surface area (Å²) in [6.07, 6.45) is 2.58. The molecule has 0 spiro atoms. The Morgan fingerprint density at radius 3 is 2.89 bits per heavy atom. The fourth-order valence-electron chi connectivity index (χ4n) is 1.99. The minimum atomic E-state index is -0.197. The van der Waals surface area contributed by atoms with Crippen molar-refractivity contribution in [1.29, 1.82) is 0 Å². The van der Waals surface area contributed by atoms with Crippen molar-refractivity contribution in [3.63, 3.8) is 0 Å². The molecule has 1 amide bonds. The van der Waals surface area contributed by atoms with Crippen LogP contribution in [-0.2, 0) is 0 Å². The molecule has 1 aromatic heterocycles. The lowest BCUT2D eigenvalue weighted by Crippen LogP contribution is -2.36. The van der Waals surface area contributed by atoms with Gasteiger partial charge in [0.2, 0.25) is 0 Å². The minimum Gasteiger partial charge on any atom is -0.382 e. The number of carbonyl (C=O) groups is 1. The maximum absolute atomic E-state index is 11.7. The third-order valence-electron chi connectivity index (χ3n) is 3.55. The van der Waals surface area contributed by atoms with Gasteiger partial charge in [-0.25, -0.2) is 0 Å². The molecule has 1 aliphatic rings. The maximum Gasteiger partial charge on any atom is 0.257 e. The molecule has 1 aromatic rings. The zero-order valence-electron chi connectivity index (χ0n) is 11.6. The van der Waals surface area contributed by atoms with Gasteiger partial charge in [-0.05, 0) is 38.3 Å². The summed E-state index contributed by atoms with van der Waals surface area (Å²) >= 11 is 1.23. The number of anilines is 2. The van der Waals surface area contributed by atoms with E-state index in [0.29, 0.717) is 11.6 Å². The number of hydrogen-bond acceptors (Lipinski definition) is 6. The molecule has 1 heterocycles. The number of aromatic nitrogens is 1. The van der Waals surface area contributed by atoms with Gasteiger partial charge >= 0.3 is 0 Å². The number of carbonyl (C=O) groups excluding carboxylic acids is 1. The van der Waals surface area contributed by atoms with Crippen LogP contribution in [-0.4, -0.2) is 47.9 Å². The molecule has 0 aromatic carbocycles. The zero-order chi connectivity index (χ0) is 14.0. The predicted octanol–water partition coefficient (Wildman–Crippen LogP) is 0.979. The third kappa shape index (κ3) is 3.16. The molecule has 19 heavy (non-hydrogen) atoms. The molecular formula is C12H21N5OS. The number of nitrogens with two attached hydrogens (primary N) is 1. The predicted molar refractivity (Wildman–Crippen MR) is 78.7 cm³/mol. The fraction of sp³-hybridized carbons (Fsp3) is 0.667.